The number of amides is 2. The van der Waals surface area contributed by atoms with Gasteiger partial charge in [-0.2, -0.15) is 0 Å². The van der Waals surface area contributed by atoms with E-state index in [0.29, 0.717) is 11.6 Å². The Labute approximate surface area is 143 Å². The first-order chi connectivity index (χ1) is 12.2. The standard InChI is InChI=1S/C16H16N6O3/c1-25-15(23)11-2-3-12-14(19-11)22(10-4-7-21(12)9-10)16(24)20-13-8-17-5-6-18-13/h2-3,5-6,8,10H,4,7,9H2,1H3,(H,18,20,24)/t10-/m0/s1. The van der Waals surface area contributed by atoms with Crippen LogP contribution < -0.4 is 15.1 Å². The second-order valence-electron chi connectivity index (χ2n) is 5.81. The van der Waals surface area contributed by atoms with Crippen LogP contribution in [0.2, 0.25) is 0 Å². The van der Waals surface area contributed by atoms with Gasteiger partial charge in [0.15, 0.2) is 17.3 Å². The van der Waals surface area contributed by atoms with Gasteiger partial charge in [0.25, 0.3) is 0 Å². The molecule has 4 heterocycles. The van der Waals surface area contributed by atoms with Crippen LogP contribution in [0, 0.1) is 0 Å². The lowest BCUT2D eigenvalue weighted by molar-refractivity contribution is 0.0594. The van der Waals surface area contributed by atoms with Gasteiger partial charge in [-0.1, -0.05) is 0 Å². The van der Waals surface area contributed by atoms with Gasteiger partial charge in [-0.15, -0.1) is 0 Å². The minimum Gasteiger partial charge on any atom is -0.464 e. The van der Waals surface area contributed by atoms with Crippen LogP contribution in [0.5, 0.6) is 0 Å². The summed E-state index contributed by atoms with van der Waals surface area (Å²) in [5.74, 6) is 0.279. The van der Waals surface area contributed by atoms with E-state index < -0.39 is 5.97 Å². The fourth-order valence-corrected chi connectivity index (χ4v) is 3.22. The Kier molecular flexibility index (Phi) is 3.68. The highest BCUT2D eigenvalue weighted by molar-refractivity contribution is 6.04. The third kappa shape index (κ3) is 2.63. The number of aromatic nitrogens is 3. The molecule has 4 rings (SSSR count). The van der Waals surface area contributed by atoms with Gasteiger partial charge in [0.1, 0.15) is 0 Å². The quantitative estimate of drug-likeness (QED) is 0.822. The first-order valence-corrected chi connectivity index (χ1v) is 7.88. The van der Waals surface area contributed by atoms with E-state index in [1.54, 1.807) is 17.0 Å². The second kappa shape index (κ2) is 6.00. The van der Waals surface area contributed by atoms with Gasteiger partial charge in [0, 0.05) is 25.5 Å². The molecular weight excluding hydrogens is 324 g/mol. The van der Waals surface area contributed by atoms with Crippen LogP contribution in [0.4, 0.5) is 22.1 Å². The molecule has 1 N–H and O–H groups in total. The molecule has 0 radical (unpaired) electrons. The number of pyridine rings is 1. The second-order valence-corrected chi connectivity index (χ2v) is 5.81. The fraction of sp³-hybridized carbons (Fsp3) is 0.312. The predicted molar refractivity (Wildman–Crippen MR) is 89.7 cm³/mol. The summed E-state index contributed by atoms with van der Waals surface area (Å²) < 4.78 is 4.74. The predicted octanol–water partition coefficient (Wildman–Crippen LogP) is 1.29. The zero-order chi connectivity index (χ0) is 17.4. The van der Waals surface area contributed by atoms with Crippen LogP contribution in [0.3, 0.4) is 0 Å². The van der Waals surface area contributed by atoms with Crippen molar-refractivity contribution in [2.75, 3.05) is 35.3 Å². The zero-order valence-corrected chi connectivity index (χ0v) is 13.5. The number of carbonyl (C=O) groups is 2. The van der Waals surface area contributed by atoms with Gasteiger partial charge < -0.3 is 9.64 Å². The van der Waals surface area contributed by atoms with Crippen LogP contribution in [-0.4, -0.2) is 53.2 Å². The number of nitrogens with one attached hydrogen (secondary N) is 1. The summed E-state index contributed by atoms with van der Waals surface area (Å²) in [4.78, 5) is 40.8. The van der Waals surface area contributed by atoms with Crippen molar-refractivity contribution < 1.29 is 14.3 Å². The number of fused-ring (bicyclic) bond motifs is 4. The normalized spacial score (nSPS) is 17.9. The Morgan fingerprint density at radius 1 is 1.32 bits per heavy atom. The molecular formula is C16H16N6O3. The molecule has 1 fully saturated rings. The van der Waals surface area contributed by atoms with Crippen LogP contribution >= 0.6 is 0 Å². The van der Waals surface area contributed by atoms with Crippen molar-refractivity contribution in [2.45, 2.75) is 12.5 Å². The van der Waals surface area contributed by atoms with E-state index in [0.717, 1.165) is 25.2 Å². The van der Waals surface area contributed by atoms with Crippen LogP contribution in [0.1, 0.15) is 16.9 Å². The molecule has 2 amide bonds. The SMILES string of the molecule is COC(=O)c1ccc2c(n1)N(C(=O)Nc1cnccn1)[C@H]1CCN2C1. The Balaban J connectivity index is 1.71. The van der Waals surface area contributed by atoms with Gasteiger partial charge in [-0.25, -0.2) is 19.6 Å². The van der Waals surface area contributed by atoms with Gasteiger partial charge in [-0.05, 0) is 18.6 Å². The highest BCUT2D eigenvalue weighted by atomic mass is 16.5. The number of urea groups is 1. The average Bonchev–Trinajstić information content (AvgIpc) is 3.06. The zero-order valence-electron chi connectivity index (χ0n) is 13.5. The number of carbonyl (C=O) groups excluding carboxylic acids is 2. The molecule has 2 bridgehead atoms. The average molecular weight is 340 g/mol. The van der Waals surface area contributed by atoms with Crippen molar-refractivity contribution in [3.05, 3.63) is 36.4 Å². The van der Waals surface area contributed by atoms with Gasteiger partial charge in [0.2, 0.25) is 0 Å². The van der Waals surface area contributed by atoms with E-state index in [2.05, 4.69) is 25.2 Å². The summed E-state index contributed by atoms with van der Waals surface area (Å²) >= 11 is 0. The summed E-state index contributed by atoms with van der Waals surface area (Å²) in [5.41, 5.74) is 0.997. The Morgan fingerprint density at radius 2 is 2.20 bits per heavy atom. The summed E-state index contributed by atoms with van der Waals surface area (Å²) in [6.07, 6.45) is 5.34. The van der Waals surface area contributed by atoms with E-state index >= 15 is 0 Å². The monoisotopic (exact) mass is 340 g/mol. The summed E-state index contributed by atoms with van der Waals surface area (Å²) in [7, 11) is 1.30. The lowest BCUT2D eigenvalue weighted by Gasteiger charge is -2.35. The summed E-state index contributed by atoms with van der Waals surface area (Å²) in [6, 6.07) is 3.06. The third-order valence-electron chi connectivity index (χ3n) is 4.36. The minimum absolute atomic E-state index is 0.00966. The molecule has 9 heteroatoms. The molecule has 0 aromatic carbocycles. The number of ether oxygens (including phenoxy) is 1. The molecule has 25 heavy (non-hydrogen) atoms. The van der Waals surface area contributed by atoms with E-state index in [9.17, 15) is 9.59 Å². The number of esters is 1. The maximum Gasteiger partial charge on any atom is 0.356 e. The lowest BCUT2D eigenvalue weighted by atomic mass is 10.2. The smallest absolute Gasteiger partial charge is 0.356 e. The summed E-state index contributed by atoms with van der Waals surface area (Å²) in [5, 5.41) is 2.74. The molecule has 128 valence electrons. The Hall–Kier alpha value is -3.23. The van der Waals surface area contributed by atoms with Crippen molar-refractivity contribution in [3.63, 3.8) is 0 Å². The first kappa shape index (κ1) is 15.3. The van der Waals surface area contributed by atoms with Crippen molar-refractivity contribution in [1.29, 1.82) is 0 Å². The lowest BCUT2D eigenvalue weighted by Crippen LogP contribution is -2.48. The van der Waals surface area contributed by atoms with Crippen molar-refractivity contribution in [3.8, 4) is 0 Å². The highest BCUT2D eigenvalue weighted by Crippen LogP contribution is 2.39. The van der Waals surface area contributed by atoms with Crippen LogP contribution in [-0.2, 0) is 4.74 Å². The van der Waals surface area contributed by atoms with Crippen LogP contribution in [0.15, 0.2) is 30.7 Å². The number of nitrogens with zero attached hydrogens (tertiary/aromatic N) is 5. The Morgan fingerprint density at radius 3 is 2.96 bits per heavy atom. The Bertz CT molecular complexity index is 828. The molecule has 1 saturated heterocycles. The molecule has 2 aliphatic heterocycles. The molecule has 1 atom stereocenters. The fourth-order valence-electron chi connectivity index (χ4n) is 3.22. The third-order valence-corrected chi connectivity index (χ3v) is 4.36. The molecule has 2 aromatic rings. The topological polar surface area (TPSA) is 101 Å². The number of hydrogen-bond acceptors (Lipinski definition) is 7. The molecule has 0 aliphatic carbocycles. The largest absolute Gasteiger partial charge is 0.464 e. The minimum atomic E-state index is -0.537. The van der Waals surface area contributed by atoms with E-state index in [1.165, 1.54) is 25.7 Å². The maximum atomic E-state index is 12.8. The summed E-state index contributed by atoms with van der Waals surface area (Å²) in [6.45, 7) is 1.58. The number of hydrogen-bond donors (Lipinski definition) is 1. The van der Waals surface area contributed by atoms with Gasteiger partial charge in [0.05, 0.1) is 25.0 Å². The van der Waals surface area contributed by atoms with Gasteiger partial charge >= 0.3 is 12.0 Å². The maximum absolute atomic E-state index is 12.8. The van der Waals surface area contributed by atoms with Crippen molar-refractivity contribution in [2.24, 2.45) is 0 Å². The number of anilines is 3. The first-order valence-electron chi connectivity index (χ1n) is 7.88. The molecule has 2 aromatic heterocycles. The van der Waals surface area contributed by atoms with E-state index in [1.807, 2.05) is 0 Å². The number of rotatable bonds is 2. The van der Waals surface area contributed by atoms with Crippen molar-refractivity contribution >= 4 is 29.3 Å². The highest BCUT2D eigenvalue weighted by Gasteiger charge is 2.40. The molecule has 2 aliphatic rings. The molecule has 0 unspecified atom stereocenters. The van der Waals surface area contributed by atoms with Gasteiger partial charge in [-0.3, -0.25) is 15.2 Å². The number of methoxy groups -OCH3 is 1. The molecule has 0 spiro atoms. The van der Waals surface area contributed by atoms with E-state index in [4.69, 9.17) is 4.74 Å². The van der Waals surface area contributed by atoms with E-state index in [-0.39, 0.29) is 17.8 Å². The molecule has 9 nitrogen and oxygen atoms in total. The molecule has 0 saturated carbocycles. The van der Waals surface area contributed by atoms with Crippen LogP contribution in [0.25, 0.3) is 0 Å². The van der Waals surface area contributed by atoms with Crippen molar-refractivity contribution in [1.82, 2.24) is 15.0 Å².